The quantitative estimate of drug-likeness (QED) is 0.459. The van der Waals surface area contributed by atoms with Gasteiger partial charge in [0.1, 0.15) is 11.6 Å². The van der Waals surface area contributed by atoms with E-state index < -0.39 is 16.6 Å². The standard InChI is InChI=1S/C21H17F2N3O3S/c22-21(23)29-19-9-5-4-8-15(19)13-24-30(27,28)16-10-11-17-18(12-16)26-20(25-17)14-6-2-1-3-7-14/h1-12,21,24H,13H2,(H,25,26). The molecule has 0 spiro atoms. The van der Waals surface area contributed by atoms with Crippen molar-refractivity contribution >= 4 is 21.1 Å². The third-order valence-electron chi connectivity index (χ3n) is 4.45. The third kappa shape index (κ3) is 4.32. The lowest BCUT2D eigenvalue weighted by Crippen LogP contribution is -2.23. The molecule has 0 saturated heterocycles. The van der Waals surface area contributed by atoms with Gasteiger partial charge >= 0.3 is 6.61 Å². The van der Waals surface area contributed by atoms with Gasteiger partial charge in [-0.25, -0.2) is 18.1 Å². The predicted octanol–water partition coefficient (Wildman–Crippen LogP) is 4.31. The predicted molar refractivity (Wildman–Crippen MR) is 109 cm³/mol. The Morgan fingerprint density at radius 1 is 1.00 bits per heavy atom. The molecule has 0 saturated carbocycles. The molecule has 1 aromatic heterocycles. The lowest BCUT2D eigenvalue weighted by molar-refractivity contribution is -0.0504. The van der Waals surface area contributed by atoms with Crippen LogP contribution >= 0.6 is 0 Å². The number of fused-ring (bicyclic) bond motifs is 1. The molecule has 0 aliphatic heterocycles. The second-order valence-corrected chi connectivity index (χ2v) is 8.21. The topological polar surface area (TPSA) is 84.1 Å². The monoisotopic (exact) mass is 429 g/mol. The van der Waals surface area contributed by atoms with Crippen molar-refractivity contribution in [3.05, 3.63) is 78.4 Å². The van der Waals surface area contributed by atoms with Gasteiger partial charge in [0.2, 0.25) is 10.0 Å². The summed E-state index contributed by atoms with van der Waals surface area (Å²) in [5.74, 6) is 0.554. The number of para-hydroxylation sites is 1. The fourth-order valence-electron chi connectivity index (χ4n) is 3.01. The number of nitrogens with one attached hydrogen (secondary N) is 2. The number of alkyl halides is 2. The summed E-state index contributed by atoms with van der Waals surface area (Å²) < 4.78 is 57.4. The molecular weight excluding hydrogens is 412 g/mol. The van der Waals surface area contributed by atoms with Gasteiger partial charge in [0.15, 0.2) is 0 Å². The van der Waals surface area contributed by atoms with E-state index in [1.165, 1.54) is 30.3 Å². The number of aromatic nitrogens is 2. The second kappa shape index (κ2) is 8.21. The van der Waals surface area contributed by atoms with Crippen LogP contribution in [0.2, 0.25) is 0 Å². The van der Waals surface area contributed by atoms with Gasteiger partial charge in [0.25, 0.3) is 0 Å². The molecule has 9 heteroatoms. The van der Waals surface area contributed by atoms with Crippen LogP contribution in [0.5, 0.6) is 5.75 Å². The van der Waals surface area contributed by atoms with Crippen molar-refractivity contribution in [2.75, 3.05) is 0 Å². The first kappa shape index (κ1) is 20.0. The molecule has 4 aromatic rings. The Morgan fingerprint density at radius 2 is 1.73 bits per heavy atom. The van der Waals surface area contributed by atoms with E-state index in [9.17, 15) is 17.2 Å². The Balaban J connectivity index is 1.57. The number of halogens is 2. The van der Waals surface area contributed by atoms with Crippen LogP contribution in [-0.4, -0.2) is 25.0 Å². The molecule has 30 heavy (non-hydrogen) atoms. The van der Waals surface area contributed by atoms with Crippen LogP contribution in [0.3, 0.4) is 0 Å². The first-order valence-corrected chi connectivity index (χ1v) is 10.5. The molecule has 0 unspecified atom stereocenters. The Labute approximate surface area is 171 Å². The lowest BCUT2D eigenvalue weighted by Gasteiger charge is -2.11. The van der Waals surface area contributed by atoms with Gasteiger partial charge in [0, 0.05) is 17.7 Å². The van der Waals surface area contributed by atoms with E-state index in [4.69, 9.17) is 0 Å². The molecule has 0 amide bonds. The van der Waals surface area contributed by atoms with E-state index in [0.717, 1.165) is 5.56 Å². The van der Waals surface area contributed by atoms with E-state index >= 15 is 0 Å². The van der Waals surface area contributed by atoms with E-state index in [1.54, 1.807) is 12.1 Å². The summed E-state index contributed by atoms with van der Waals surface area (Å²) in [5, 5.41) is 0. The molecule has 0 radical (unpaired) electrons. The Bertz CT molecular complexity index is 1280. The van der Waals surface area contributed by atoms with Gasteiger partial charge < -0.3 is 9.72 Å². The van der Waals surface area contributed by atoms with Crippen molar-refractivity contribution in [3.63, 3.8) is 0 Å². The Hall–Kier alpha value is -3.30. The molecule has 6 nitrogen and oxygen atoms in total. The summed E-state index contributed by atoms with van der Waals surface area (Å²) in [6, 6.07) is 20.0. The fourth-order valence-corrected chi connectivity index (χ4v) is 4.04. The minimum absolute atomic E-state index is 0.0329. The number of imidazole rings is 1. The van der Waals surface area contributed by atoms with Crippen LogP contribution in [0.1, 0.15) is 5.56 Å². The van der Waals surface area contributed by atoms with Crippen molar-refractivity contribution in [2.24, 2.45) is 0 Å². The molecule has 4 rings (SSSR count). The number of ether oxygens (including phenoxy) is 1. The Morgan fingerprint density at radius 3 is 2.50 bits per heavy atom. The number of hydrogen-bond acceptors (Lipinski definition) is 4. The summed E-state index contributed by atoms with van der Waals surface area (Å²) in [4.78, 5) is 7.64. The van der Waals surface area contributed by atoms with Crippen molar-refractivity contribution < 1.29 is 21.9 Å². The van der Waals surface area contributed by atoms with Crippen LogP contribution < -0.4 is 9.46 Å². The zero-order valence-corrected chi connectivity index (χ0v) is 16.4. The number of hydrogen-bond donors (Lipinski definition) is 2. The third-order valence-corrected chi connectivity index (χ3v) is 5.85. The van der Waals surface area contributed by atoms with Crippen LogP contribution in [0.4, 0.5) is 8.78 Å². The summed E-state index contributed by atoms with van der Waals surface area (Å²) in [6.07, 6.45) is 0. The van der Waals surface area contributed by atoms with Gasteiger partial charge in [-0.05, 0) is 24.3 Å². The van der Waals surface area contributed by atoms with Crippen molar-refractivity contribution in [2.45, 2.75) is 18.1 Å². The van der Waals surface area contributed by atoms with Crippen molar-refractivity contribution in [3.8, 4) is 17.1 Å². The zero-order chi connectivity index (χ0) is 21.1. The van der Waals surface area contributed by atoms with Crippen LogP contribution in [0.15, 0.2) is 77.7 Å². The second-order valence-electron chi connectivity index (χ2n) is 6.44. The summed E-state index contributed by atoms with van der Waals surface area (Å²) in [7, 11) is -3.89. The molecule has 3 aromatic carbocycles. The first-order valence-electron chi connectivity index (χ1n) is 9.00. The number of aromatic amines is 1. The van der Waals surface area contributed by atoms with E-state index in [0.29, 0.717) is 22.4 Å². The van der Waals surface area contributed by atoms with Gasteiger partial charge in [-0.2, -0.15) is 8.78 Å². The minimum Gasteiger partial charge on any atom is -0.434 e. The number of nitrogens with zero attached hydrogens (tertiary/aromatic N) is 1. The average molecular weight is 429 g/mol. The highest BCUT2D eigenvalue weighted by molar-refractivity contribution is 7.89. The summed E-state index contributed by atoms with van der Waals surface area (Å²) >= 11 is 0. The highest BCUT2D eigenvalue weighted by Crippen LogP contribution is 2.24. The van der Waals surface area contributed by atoms with E-state index in [1.807, 2.05) is 30.3 Å². The molecule has 154 valence electrons. The van der Waals surface area contributed by atoms with Crippen LogP contribution in [0, 0.1) is 0 Å². The smallest absolute Gasteiger partial charge is 0.387 e. The maximum absolute atomic E-state index is 12.7. The summed E-state index contributed by atoms with van der Waals surface area (Å²) in [5.41, 5.74) is 2.38. The summed E-state index contributed by atoms with van der Waals surface area (Å²) in [6.45, 7) is -3.19. The van der Waals surface area contributed by atoms with Gasteiger partial charge in [-0.15, -0.1) is 0 Å². The molecule has 0 atom stereocenters. The van der Waals surface area contributed by atoms with Crippen LogP contribution in [-0.2, 0) is 16.6 Å². The van der Waals surface area contributed by atoms with Gasteiger partial charge in [-0.3, -0.25) is 0 Å². The highest BCUT2D eigenvalue weighted by atomic mass is 32.2. The fraction of sp³-hybridized carbons (Fsp3) is 0.0952. The maximum Gasteiger partial charge on any atom is 0.387 e. The minimum atomic E-state index is -3.89. The van der Waals surface area contributed by atoms with E-state index in [-0.39, 0.29) is 17.2 Å². The van der Waals surface area contributed by atoms with Crippen molar-refractivity contribution in [1.29, 1.82) is 0 Å². The van der Waals surface area contributed by atoms with Gasteiger partial charge in [-0.1, -0.05) is 48.5 Å². The van der Waals surface area contributed by atoms with Crippen LogP contribution in [0.25, 0.3) is 22.4 Å². The first-order chi connectivity index (χ1) is 14.4. The lowest BCUT2D eigenvalue weighted by atomic mass is 10.2. The molecule has 0 aliphatic carbocycles. The highest BCUT2D eigenvalue weighted by Gasteiger charge is 2.17. The SMILES string of the molecule is O=S(=O)(NCc1ccccc1OC(F)F)c1ccc2nc(-c3ccccc3)[nH]c2c1. The molecule has 1 heterocycles. The molecular formula is C21H17F2N3O3S. The zero-order valence-electron chi connectivity index (χ0n) is 15.5. The number of benzene rings is 3. The largest absolute Gasteiger partial charge is 0.434 e. The average Bonchev–Trinajstić information content (AvgIpc) is 3.17. The number of sulfonamides is 1. The van der Waals surface area contributed by atoms with Crippen molar-refractivity contribution in [1.82, 2.24) is 14.7 Å². The molecule has 2 N–H and O–H groups in total. The number of rotatable bonds is 7. The van der Waals surface area contributed by atoms with E-state index in [2.05, 4.69) is 19.4 Å². The number of H-pyrrole nitrogens is 1. The van der Waals surface area contributed by atoms with Gasteiger partial charge in [0.05, 0.1) is 15.9 Å². The molecule has 0 bridgehead atoms. The Kier molecular flexibility index (Phi) is 5.47. The normalized spacial score (nSPS) is 11.8. The maximum atomic E-state index is 12.7. The molecule has 0 aliphatic rings. The molecule has 0 fully saturated rings.